The first-order chi connectivity index (χ1) is 8.49. The van der Waals surface area contributed by atoms with E-state index < -0.39 is 12.0 Å². The largest absolute Gasteiger partial charge is 0.480 e. The van der Waals surface area contributed by atoms with Crippen molar-refractivity contribution in [2.75, 3.05) is 20.1 Å². The van der Waals surface area contributed by atoms with E-state index in [-0.39, 0.29) is 6.03 Å². The average Bonchev–Trinajstić information content (AvgIpc) is 3.19. The monoisotopic (exact) mass is 254 g/mol. The maximum Gasteiger partial charge on any atom is 0.326 e. The minimum Gasteiger partial charge on any atom is -0.480 e. The van der Waals surface area contributed by atoms with Crippen molar-refractivity contribution in [1.29, 1.82) is 0 Å². The molecule has 2 fully saturated rings. The lowest BCUT2D eigenvalue weighted by atomic mass is 10.3. The van der Waals surface area contributed by atoms with Crippen molar-refractivity contribution < 1.29 is 14.7 Å². The predicted octanol–water partition coefficient (Wildman–Crippen LogP) is 1.63. The first-order valence-electron chi connectivity index (χ1n) is 6.73. The molecule has 5 heteroatoms. The fourth-order valence-electron chi connectivity index (χ4n) is 2.01. The van der Waals surface area contributed by atoms with Crippen LogP contribution >= 0.6 is 0 Å². The minimum absolute atomic E-state index is 0.135. The Labute approximate surface area is 108 Å². The van der Waals surface area contributed by atoms with Gasteiger partial charge in [0.2, 0.25) is 0 Å². The highest BCUT2D eigenvalue weighted by atomic mass is 16.4. The lowest BCUT2D eigenvalue weighted by molar-refractivity contribution is -0.141. The van der Waals surface area contributed by atoms with Crippen molar-refractivity contribution in [3.63, 3.8) is 0 Å². The third-order valence-corrected chi connectivity index (χ3v) is 3.86. The number of amides is 2. The van der Waals surface area contributed by atoms with Gasteiger partial charge in [-0.25, -0.2) is 9.59 Å². The summed E-state index contributed by atoms with van der Waals surface area (Å²) in [6, 6.07) is -0.901. The Morgan fingerprint density at radius 3 is 1.94 bits per heavy atom. The van der Waals surface area contributed by atoms with Gasteiger partial charge in [0, 0.05) is 20.1 Å². The predicted molar refractivity (Wildman–Crippen MR) is 67.3 cm³/mol. The molecular weight excluding hydrogens is 232 g/mol. The van der Waals surface area contributed by atoms with E-state index in [4.69, 9.17) is 5.11 Å². The first kappa shape index (κ1) is 13.2. The van der Waals surface area contributed by atoms with E-state index in [0.29, 0.717) is 11.8 Å². The zero-order chi connectivity index (χ0) is 13.3. The maximum atomic E-state index is 12.3. The van der Waals surface area contributed by atoms with Gasteiger partial charge in [0.25, 0.3) is 0 Å². The molecule has 2 saturated carbocycles. The molecule has 102 valence electrons. The second-order valence-electron chi connectivity index (χ2n) is 5.70. The summed E-state index contributed by atoms with van der Waals surface area (Å²) in [5, 5.41) is 8.96. The Morgan fingerprint density at radius 2 is 1.61 bits per heavy atom. The third-order valence-electron chi connectivity index (χ3n) is 3.86. The molecule has 1 N–H and O–H groups in total. The Kier molecular flexibility index (Phi) is 3.78. The van der Waals surface area contributed by atoms with Crippen molar-refractivity contribution in [3.8, 4) is 0 Å². The quantitative estimate of drug-likeness (QED) is 0.783. The summed E-state index contributed by atoms with van der Waals surface area (Å²) < 4.78 is 0. The molecule has 0 heterocycles. The summed E-state index contributed by atoms with van der Waals surface area (Å²) in [7, 11) is 1.58. The van der Waals surface area contributed by atoms with E-state index in [1.54, 1.807) is 14.0 Å². The summed E-state index contributed by atoms with van der Waals surface area (Å²) >= 11 is 0. The molecule has 2 aliphatic rings. The van der Waals surface area contributed by atoms with E-state index in [2.05, 4.69) is 0 Å². The van der Waals surface area contributed by atoms with Crippen molar-refractivity contribution >= 4 is 12.0 Å². The van der Waals surface area contributed by atoms with Crippen molar-refractivity contribution in [2.24, 2.45) is 11.8 Å². The minimum atomic E-state index is -0.955. The molecule has 2 aliphatic carbocycles. The third kappa shape index (κ3) is 3.37. The summed E-state index contributed by atoms with van der Waals surface area (Å²) in [4.78, 5) is 26.4. The van der Waals surface area contributed by atoms with Crippen LogP contribution in [0, 0.1) is 11.8 Å². The number of likely N-dealkylation sites (N-methyl/N-ethyl adjacent to an activating group) is 1. The lowest BCUT2D eigenvalue weighted by Crippen LogP contribution is -2.49. The number of urea groups is 1. The van der Waals surface area contributed by atoms with Crippen LogP contribution in [0.1, 0.15) is 32.6 Å². The zero-order valence-corrected chi connectivity index (χ0v) is 11.1. The number of rotatable bonds is 6. The second-order valence-corrected chi connectivity index (χ2v) is 5.70. The maximum absolute atomic E-state index is 12.3. The van der Waals surface area contributed by atoms with Crippen LogP contribution < -0.4 is 0 Å². The molecule has 0 aromatic carbocycles. The molecule has 0 aliphatic heterocycles. The fraction of sp³-hybridized carbons (Fsp3) is 0.846. The van der Waals surface area contributed by atoms with E-state index >= 15 is 0 Å². The van der Waals surface area contributed by atoms with Crippen LogP contribution in [0.3, 0.4) is 0 Å². The van der Waals surface area contributed by atoms with Gasteiger partial charge < -0.3 is 14.9 Å². The van der Waals surface area contributed by atoms with Gasteiger partial charge >= 0.3 is 12.0 Å². The smallest absolute Gasteiger partial charge is 0.326 e. The number of aliphatic carboxylic acids is 1. The van der Waals surface area contributed by atoms with Crippen LogP contribution in [-0.2, 0) is 4.79 Å². The summed E-state index contributed by atoms with van der Waals surface area (Å²) in [6.07, 6.45) is 4.80. The van der Waals surface area contributed by atoms with Crippen LogP contribution in [0.4, 0.5) is 4.79 Å². The van der Waals surface area contributed by atoms with Gasteiger partial charge in [0.1, 0.15) is 6.04 Å². The molecule has 5 nitrogen and oxygen atoms in total. The number of nitrogens with zero attached hydrogens (tertiary/aromatic N) is 2. The van der Waals surface area contributed by atoms with Crippen LogP contribution in [-0.4, -0.2) is 53.1 Å². The molecule has 0 spiro atoms. The normalized spacial score (nSPS) is 20.3. The van der Waals surface area contributed by atoms with Crippen molar-refractivity contribution in [1.82, 2.24) is 9.80 Å². The van der Waals surface area contributed by atoms with Crippen LogP contribution in [0.25, 0.3) is 0 Å². The molecule has 1 unspecified atom stereocenters. The highest BCUT2D eigenvalue weighted by Crippen LogP contribution is 2.34. The van der Waals surface area contributed by atoms with Gasteiger partial charge in [-0.1, -0.05) is 0 Å². The standard InChI is InChI=1S/C13H22N2O3/c1-9(12(16)17)14(2)13(18)15(7-10-3-4-10)8-11-5-6-11/h9-11H,3-8H2,1-2H3,(H,16,17). The molecular formula is C13H22N2O3. The van der Waals surface area contributed by atoms with Gasteiger partial charge in [-0.2, -0.15) is 0 Å². The molecule has 2 rings (SSSR count). The highest BCUT2D eigenvalue weighted by molar-refractivity contribution is 5.82. The number of carboxylic acids is 1. The summed E-state index contributed by atoms with van der Waals surface area (Å²) in [5.74, 6) is 0.325. The Balaban J connectivity index is 1.93. The van der Waals surface area contributed by atoms with Crippen molar-refractivity contribution in [3.05, 3.63) is 0 Å². The number of carbonyl (C=O) groups is 2. The Morgan fingerprint density at radius 1 is 1.17 bits per heavy atom. The second kappa shape index (κ2) is 5.16. The molecule has 2 amide bonds. The molecule has 0 aromatic rings. The fourth-order valence-corrected chi connectivity index (χ4v) is 2.01. The van der Waals surface area contributed by atoms with Gasteiger partial charge in [-0.3, -0.25) is 0 Å². The number of hydrogen-bond acceptors (Lipinski definition) is 2. The molecule has 0 saturated heterocycles. The lowest BCUT2D eigenvalue weighted by Gasteiger charge is -2.30. The first-order valence-corrected chi connectivity index (χ1v) is 6.73. The zero-order valence-electron chi connectivity index (χ0n) is 11.1. The molecule has 0 bridgehead atoms. The van der Waals surface area contributed by atoms with Crippen LogP contribution in [0.15, 0.2) is 0 Å². The topological polar surface area (TPSA) is 60.9 Å². The van der Waals surface area contributed by atoms with Crippen LogP contribution in [0.2, 0.25) is 0 Å². The summed E-state index contributed by atoms with van der Waals surface area (Å²) in [5.41, 5.74) is 0. The van der Waals surface area contributed by atoms with Crippen molar-refractivity contribution in [2.45, 2.75) is 38.6 Å². The Bertz CT molecular complexity index is 323. The highest BCUT2D eigenvalue weighted by Gasteiger charge is 2.34. The number of hydrogen-bond donors (Lipinski definition) is 1. The molecule has 18 heavy (non-hydrogen) atoms. The number of carbonyl (C=O) groups excluding carboxylic acids is 1. The van der Waals surface area contributed by atoms with E-state index in [1.807, 2.05) is 4.90 Å². The SMILES string of the molecule is CC(C(=O)O)N(C)C(=O)N(CC1CC1)CC1CC1. The van der Waals surface area contributed by atoms with Gasteiger partial charge in [-0.15, -0.1) is 0 Å². The van der Waals surface area contributed by atoms with Gasteiger partial charge in [-0.05, 0) is 44.4 Å². The molecule has 1 atom stereocenters. The van der Waals surface area contributed by atoms with E-state index in [0.717, 1.165) is 13.1 Å². The van der Waals surface area contributed by atoms with E-state index in [9.17, 15) is 9.59 Å². The van der Waals surface area contributed by atoms with E-state index in [1.165, 1.54) is 30.6 Å². The molecule has 0 aromatic heterocycles. The Hall–Kier alpha value is -1.26. The number of carboxylic acid groups (broad SMARTS) is 1. The van der Waals surface area contributed by atoms with Crippen LogP contribution in [0.5, 0.6) is 0 Å². The van der Waals surface area contributed by atoms with Gasteiger partial charge in [0.15, 0.2) is 0 Å². The average molecular weight is 254 g/mol. The molecule has 0 radical (unpaired) electrons. The summed E-state index contributed by atoms with van der Waals surface area (Å²) in [6.45, 7) is 3.14. The van der Waals surface area contributed by atoms with Gasteiger partial charge in [0.05, 0.1) is 0 Å².